The van der Waals surface area contributed by atoms with Gasteiger partial charge >= 0.3 is 0 Å². The minimum Gasteiger partial charge on any atom is -0.387 e. The van der Waals surface area contributed by atoms with E-state index in [4.69, 9.17) is 0 Å². The van der Waals surface area contributed by atoms with Gasteiger partial charge in [0.15, 0.2) is 0 Å². The number of likely N-dealkylation sites (tertiary alicyclic amines) is 1. The first-order valence-corrected chi connectivity index (χ1v) is 7.45. The molecule has 1 heterocycles. The summed E-state index contributed by atoms with van der Waals surface area (Å²) < 4.78 is 0. The Hall–Kier alpha value is -0.900. The summed E-state index contributed by atoms with van der Waals surface area (Å²) in [7, 11) is 0. The van der Waals surface area contributed by atoms with Gasteiger partial charge in [-0.1, -0.05) is 36.8 Å². The van der Waals surface area contributed by atoms with Crippen LogP contribution in [0.25, 0.3) is 0 Å². The Morgan fingerprint density at radius 1 is 1.11 bits per heavy atom. The van der Waals surface area contributed by atoms with Gasteiger partial charge in [0.2, 0.25) is 0 Å². The van der Waals surface area contributed by atoms with Crippen LogP contribution in [0.1, 0.15) is 37.9 Å². The smallest absolute Gasteiger partial charge is 0.0914 e. The molecular formula is C16H26N2O. The van der Waals surface area contributed by atoms with Crippen molar-refractivity contribution in [2.45, 2.75) is 38.3 Å². The molecule has 0 spiro atoms. The summed E-state index contributed by atoms with van der Waals surface area (Å²) in [4.78, 5) is 2.55. The van der Waals surface area contributed by atoms with Crippen molar-refractivity contribution in [1.82, 2.24) is 10.2 Å². The van der Waals surface area contributed by atoms with Crippen molar-refractivity contribution in [3.8, 4) is 0 Å². The fourth-order valence-corrected chi connectivity index (χ4v) is 2.71. The molecule has 0 radical (unpaired) electrons. The van der Waals surface area contributed by atoms with E-state index in [0.717, 1.165) is 12.1 Å². The Bertz CT molecular complexity index is 349. The van der Waals surface area contributed by atoms with Gasteiger partial charge in [-0.25, -0.2) is 0 Å². The molecule has 0 amide bonds. The van der Waals surface area contributed by atoms with E-state index in [1.54, 1.807) is 0 Å². The third kappa shape index (κ3) is 4.60. The Morgan fingerprint density at radius 2 is 1.79 bits per heavy atom. The molecule has 2 N–H and O–H groups in total. The highest BCUT2D eigenvalue weighted by atomic mass is 16.3. The van der Waals surface area contributed by atoms with E-state index in [1.165, 1.54) is 32.4 Å². The lowest BCUT2D eigenvalue weighted by atomic mass is 10.1. The zero-order valence-corrected chi connectivity index (χ0v) is 11.9. The summed E-state index contributed by atoms with van der Waals surface area (Å²) in [5.74, 6) is 0. The van der Waals surface area contributed by atoms with Crippen LogP contribution in [0.2, 0.25) is 0 Å². The first-order valence-electron chi connectivity index (χ1n) is 7.45. The zero-order chi connectivity index (χ0) is 13.5. The molecule has 0 bridgehead atoms. The molecule has 0 aromatic heterocycles. The first-order chi connectivity index (χ1) is 9.27. The first kappa shape index (κ1) is 14.5. The molecule has 0 saturated carbocycles. The third-order valence-corrected chi connectivity index (χ3v) is 3.98. The van der Waals surface area contributed by atoms with Crippen LogP contribution in [0.4, 0.5) is 0 Å². The van der Waals surface area contributed by atoms with Crippen LogP contribution in [0.5, 0.6) is 0 Å². The average Bonchev–Trinajstić information content (AvgIpc) is 2.49. The summed E-state index contributed by atoms with van der Waals surface area (Å²) in [5, 5.41) is 13.5. The number of aliphatic hydroxyl groups is 1. The van der Waals surface area contributed by atoms with Crippen LogP contribution in [-0.2, 0) is 0 Å². The van der Waals surface area contributed by atoms with E-state index >= 15 is 0 Å². The average molecular weight is 262 g/mol. The highest BCUT2D eigenvalue weighted by molar-refractivity contribution is 5.17. The summed E-state index contributed by atoms with van der Waals surface area (Å²) in [6.07, 6.45) is 3.63. The summed E-state index contributed by atoms with van der Waals surface area (Å²) >= 11 is 0. The van der Waals surface area contributed by atoms with Crippen molar-refractivity contribution in [3.63, 3.8) is 0 Å². The summed E-state index contributed by atoms with van der Waals surface area (Å²) in [6.45, 7) is 6.30. The van der Waals surface area contributed by atoms with Crippen molar-refractivity contribution in [1.29, 1.82) is 0 Å². The van der Waals surface area contributed by atoms with Gasteiger partial charge in [-0.05, 0) is 38.4 Å². The Kier molecular flexibility index (Phi) is 5.83. The normalized spacial score (nSPS) is 20.1. The topological polar surface area (TPSA) is 35.5 Å². The van der Waals surface area contributed by atoms with E-state index in [1.807, 2.05) is 30.3 Å². The molecule has 0 aliphatic carbocycles. The molecule has 1 aliphatic rings. The van der Waals surface area contributed by atoms with Crippen LogP contribution in [0.3, 0.4) is 0 Å². The lowest BCUT2D eigenvalue weighted by molar-refractivity contribution is 0.151. The quantitative estimate of drug-likeness (QED) is 0.825. The van der Waals surface area contributed by atoms with Crippen molar-refractivity contribution in [2.75, 3.05) is 26.2 Å². The van der Waals surface area contributed by atoms with Crippen molar-refractivity contribution in [2.24, 2.45) is 0 Å². The minimum atomic E-state index is -0.408. The van der Waals surface area contributed by atoms with Crippen molar-refractivity contribution >= 4 is 0 Å². The number of hydrogen-bond donors (Lipinski definition) is 2. The predicted molar refractivity (Wildman–Crippen MR) is 79.2 cm³/mol. The number of nitrogens with zero attached hydrogens (tertiary/aromatic N) is 1. The second-order valence-electron chi connectivity index (χ2n) is 5.53. The van der Waals surface area contributed by atoms with E-state index in [0.29, 0.717) is 12.6 Å². The largest absolute Gasteiger partial charge is 0.387 e. The second-order valence-corrected chi connectivity index (χ2v) is 5.53. The number of rotatable bonds is 6. The van der Waals surface area contributed by atoms with E-state index < -0.39 is 6.10 Å². The monoisotopic (exact) mass is 262 g/mol. The van der Waals surface area contributed by atoms with Crippen LogP contribution < -0.4 is 5.32 Å². The maximum atomic E-state index is 10.1. The molecular weight excluding hydrogens is 236 g/mol. The maximum absolute atomic E-state index is 10.1. The third-order valence-electron chi connectivity index (χ3n) is 3.98. The maximum Gasteiger partial charge on any atom is 0.0914 e. The molecule has 106 valence electrons. The van der Waals surface area contributed by atoms with Crippen molar-refractivity contribution < 1.29 is 5.11 Å². The molecule has 1 saturated heterocycles. The van der Waals surface area contributed by atoms with Gasteiger partial charge in [0.1, 0.15) is 0 Å². The number of aliphatic hydroxyl groups excluding tert-OH is 1. The SMILES string of the molecule is CC(CNCC(O)c1ccccc1)N1CCCCC1. The molecule has 1 aromatic rings. The highest BCUT2D eigenvalue weighted by Gasteiger charge is 2.16. The zero-order valence-electron chi connectivity index (χ0n) is 11.9. The Balaban J connectivity index is 1.68. The van der Waals surface area contributed by atoms with Gasteiger partial charge in [-0.15, -0.1) is 0 Å². The predicted octanol–water partition coefficient (Wildman–Crippen LogP) is 2.18. The highest BCUT2D eigenvalue weighted by Crippen LogP contribution is 2.13. The lowest BCUT2D eigenvalue weighted by Gasteiger charge is -2.32. The Labute approximate surface area is 116 Å². The van der Waals surface area contributed by atoms with Crippen molar-refractivity contribution in [3.05, 3.63) is 35.9 Å². The molecule has 19 heavy (non-hydrogen) atoms. The summed E-state index contributed by atoms with van der Waals surface area (Å²) in [5.41, 5.74) is 0.987. The van der Waals surface area contributed by atoms with Gasteiger partial charge in [-0.2, -0.15) is 0 Å². The van der Waals surface area contributed by atoms with Gasteiger partial charge < -0.3 is 10.4 Å². The second kappa shape index (κ2) is 7.63. The van der Waals surface area contributed by atoms with E-state index in [9.17, 15) is 5.11 Å². The van der Waals surface area contributed by atoms with Gasteiger partial charge in [0.05, 0.1) is 6.10 Å². The van der Waals surface area contributed by atoms with E-state index in [-0.39, 0.29) is 0 Å². The van der Waals surface area contributed by atoms with E-state index in [2.05, 4.69) is 17.1 Å². The van der Waals surface area contributed by atoms with Crippen LogP contribution >= 0.6 is 0 Å². The molecule has 2 unspecified atom stereocenters. The molecule has 1 aliphatic heterocycles. The Morgan fingerprint density at radius 3 is 2.47 bits per heavy atom. The molecule has 1 fully saturated rings. The van der Waals surface area contributed by atoms with Crippen LogP contribution in [-0.4, -0.2) is 42.2 Å². The molecule has 3 heteroatoms. The number of hydrogen-bond acceptors (Lipinski definition) is 3. The lowest BCUT2D eigenvalue weighted by Crippen LogP contribution is -2.43. The minimum absolute atomic E-state index is 0.408. The number of benzene rings is 1. The molecule has 2 rings (SSSR count). The molecule has 1 aromatic carbocycles. The van der Waals surface area contributed by atoms with Gasteiger partial charge in [0, 0.05) is 19.1 Å². The summed E-state index contributed by atoms with van der Waals surface area (Å²) in [6, 6.07) is 10.4. The number of nitrogens with one attached hydrogen (secondary N) is 1. The molecule has 3 nitrogen and oxygen atoms in total. The fourth-order valence-electron chi connectivity index (χ4n) is 2.71. The van der Waals surface area contributed by atoms with Gasteiger partial charge in [0.25, 0.3) is 0 Å². The molecule has 2 atom stereocenters. The fraction of sp³-hybridized carbons (Fsp3) is 0.625. The van der Waals surface area contributed by atoms with Crippen LogP contribution in [0.15, 0.2) is 30.3 Å². The standard InChI is InChI=1S/C16H26N2O/c1-14(18-10-6-3-7-11-18)12-17-13-16(19)15-8-4-2-5-9-15/h2,4-5,8-9,14,16-17,19H,3,6-7,10-13H2,1H3. The van der Waals surface area contributed by atoms with Gasteiger partial charge in [-0.3, -0.25) is 4.90 Å². The van der Waals surface area contributed by atoms with Crippen LogP contribution in [0, 0.1) is 0 Å². The number of piperidine rings is 1.